The number of carbonyl (C=O) groups excluding carboxylic acids is 1. The molecule has 2 rings (SSSR count). The highest BCUT2D eigenvalue weighted by Gasteiger charge is 2.22. The first-order valence-electron chi connectivity index (χ1n) is 8.79. The first-order valence-corrected chi connectivity index (χ1v) is 10.6. The molecule has 0 spiro atoms. The van der Waals surface area contributed by atoms with Gasteiger partial charge < -0.3 is 5.32 Å². The summed E-state index contributed by atoms with van der Waals surface area (Å²) in [5.41, 5.74) is 2.15. The van der Waals surface area contributed by atoms with Crippen molar-refractivity contribution in [1.29, 1.82) is 0 Å². The Morgan fingerprint density at radius 1 is 1.22 bits per heavy atom. The summed E-state index contributed by atoms with van der Waals surface area (Å²) in [5, 5.41) is 7.30. The van der Waals surface area contributed by atoms with Gasteiger partial charge in [-0.1, -0.05) is 25.4 Å². The average Bonchev–Trinajstić information content (AvgIpc) is 2.93. The molecule has 27 heavy (non-hydrogen) atoms. The molecule has 0 atom stereocenters. The normalized spacial score (nSPS) is 11.8. The van der Waals surface area contributed by atoms with Gasteiger partial charge in [0, 0.05) is 31.7 Å². The third kappa shape index (κ3) is 5.09. The topological polar surface area (TPSA) is 84.3 Å². The van der Waals surface area contributed by atoms with E-state index >= 15 is 0 Å². The quantitative estimate of drug-likeness (QED) is 0.721. The molecule has 0 radical (unpaired) electrons. The summed E-state index contributed by atoms with van der Waals surface area (Å²) in [7, 11) is -3.63. The zero-order valence-corrected chi connectivity index (χ0v) is 17.6. The summed E-state index contributed by atoms with van der Waals surface area (Å²) in [6.07, 6.45) is 0.200. The van der Waals surface area contributed by atoms with Gasteiger partial charge in [-0.25, -0.2) is 8.42 Å². The summed E-state index contributed by atoms with van der Waals surface area (Å²) >= 11 is 6.14. The molecule has 0 saturated carbocycles. The first kappa shape index (κ1) is 21.4. The highest BCUT2D eigenvalue weighted by atomic mass is 35.5. The number of carbonyl (C=O) groups is 1. The number of halogens is 1. The number of nitrogens with one attached hydrogen (secondary N) is 1. The number of aryl methyl sites for hydroxylation is 3. The van der Waals surface area contributed by atoms with Crippen molar-refractivity contribution in [1.82, 2.24) is 14.1 Å². The standard InChI is InChI=1S/C18H25ClN4O3S/c1-5-22(6-2)27(25,26)15-7-8-16(19)17(12-15)20-18(24)9-10-23-14(4)11-13(3)21-23/h7-8,11-12H,5-6,9-10H2,1-4H3,(H,20,24). The van der Waals surface area contributed by atoms with E-state index in [9.17, 15) is 13.2 Å². The number of nitrogens with zero attached hydrogens (tertiary/aromatic N) is 3. The third-order valence-corrected chi connectivity index (χ3v) is 6.58. The van der Waals surface area contributed by atoms with Gasteiger partial charge in [-0.2, -0.15) is 9.40 Å². The highest BCUT2D eigenvalue weighted by molar-refractivity contribution is 7.89. The molecule has 0 aliphatic rings. The molecule has 0 unspecified atom stereocenters. The van der Waals surface area contributed by atoms with Crippen LogP contribution in [-0.2, 0) is 21.4 Å². The lowest BCUT2D eigenvalue weighted by molar-refractivity contribution is -0.116. The van der Waals surface area contributed by atoms with Crippen LogP contribution in [0.3, 0.4) is 0 Å². The smallest absolute Gasteiger partial charge is 0.243 e. The van der Waals surface area contributed by atoms with E-state index in [2.05, 4.69) is 10.4 Å². The van der Waals surface area contributed by atoms with E-state index in [1.807, 2.05) is 19.9 Å². The Morgan fingerprint density at radius 2 is 1.89 bits per heavy atom. The van der Waals surface area contributed by atoms with Crippen molar-refractivity contribution in [2.24, 2.45) is 0 Å². The van der Waals surface area contributed by atoms with Crippen molar-refractivity contribution < 1.29 is 13.2 Å². The zero-order chi connectivity index (χ0) is 20.2. The van der Waals surface area contributed by atoms with Gasteiger partial charge in [-0.15, -0.1) is 0 Å². The SMILES string of the molecule is CCN(CC)S(=O)(=O)c1ccc(Cl)c(NC(=O)CCn2nc(C)cc2C)c1. The van der Waals surface area contributed by atoms with Crippen LogP contribution in [0.1, 0.15) is 31.7 Å². The summed E-state index contributed by atoms with van der Waals surface area (Å²) < 4.78 is 28.4. The number of rotatable bonds is 8. The molecule has 1 aromatic heterocycles. The van der Waals surface area contributed by atoms with Crippen molar-refractivity contribution in [2.75, 3.05) is 18.4 Å². The number of anilines is 1. The molecular formula is C18H25ClN4O3S. The van der Waals surface area contributed by atoms with E-state index in [0.717, 1.165) is 11.4 Å². The Hall–Kier alpha value is -1.90. The summed E-state index contributed by atoms with van der Waals surface area (Å²) in [6.45, 7) is 8.54. The Kier molecular flexibility index (Phi) is 7.02. The van der Waals surface area contributed by atoms with Crippen molar-refractivity contribution in [3.8, 4) is 0 Å². The van der Waals surface area contributed by atoms with Gasteiger partial charge in [0.05, 0.1) is 21.3 Å². The lowest BCUT2D eigenvalue weighted by Gasteiger charge is -2.19. The minimum Gasteiger partial charge on any atom is -0.325 e. The van der Waals surface area contributed by atoms with E-state index in [1.54, 1.807) is 18.5 Å². The Morgan fingerprint density at radius 3 is 2.44 bits per heavy atom. The van der Waals surface area contributed by atoms with Gasteiger partial charge in [0.25, 0.3) is 0 Å². The van der Waals surface area contributed by atoms with Crippen LogP contribution in [0.25, 0.3) is 0 Å². The van der Waals surface area contributed by atoms with Gasteiger partial charge in [0.2, 0.25) is 15.9 Å². The van der Waals surface area contributed by atoms with Crippen LogP contribution in [0, 0.1) is 13.8 Å². The van der Waals surface area contributed by atoms with E-state index < -0.39 is 10.0 Å². The number of hydrogen-bond acceptors (Lipinski definition) is 4. The minimum atomic E-state index is -3.63. The molecule has 2 aromatic rings. The number of amides is 1. The minimum absolute atomic E-state index is 0.101. The molecule has 0 aliphatic heterocycles. The molecule has 7 nitrogen and oxygen atoms in total. The van der Waals surface area contributed by atoms with Crippen LogP contribution in [-0.4, -0.2) is 41.5 Å². The molecule has 1 aromatic carbocycles. The predicted molar refractivity (Wildman–Crippen MR) is 107 cm³/mol. The number of aromatic nitrogens is 2. The predicted octanol–water partition coefficient (Wildman–Crippen LogP) is 3.21. The van der Waals surface area contributed by atoms with E-state index in [0.29, 0.717) is 19.6 Å². The number of benzene rings is 1. The second-order valence-corrected chi connectivity index (χ2v) is 8.52. The summed E-state index contributed by atoms with van der Waals surface area (Å²) in [5.74, 6) is -0.262. The summed E-state index contributed by atoms with van der Waals surface area (Å²) in [4.78, 5) is 12.4. The number of hydrogen-bond donors (Lipinski definition) is 1. The molecule has 1 amide bonds. The highest BCUT2D eigenvalue weighted by Crippen LogP contribution is 2.27. The van der Waals surface area contributed by atoms with Gasteiger partial charge in [0.1, 0.15) is 0 Å². The van der Waals surface area contributed by atoms with Crippen molar-refractivity contribution in [3.05, 3.63) is 40.7 Å². The van der Waals surface area contributed by atoms with Crippen molar-refractivity contribution in [2.45, 2.75) is 45.6 Å². The molecule has 0 fully saturated rings. The monoisotopic (exact) mass is 412 g/mol. The number of sulfonamides is 1. The Labute approximate surface area is 165 Å². The van der Waals surface area contributed by atoms with Gasteiger partial charge >= 0.3 is 0 Å². The molecule has 0 bridgehead atoms. The molecular weight excluding hydrogens is 388 g/mol. The fourth-order valence-corrected chi connectivity index (χ4v) is 4.44. The molecule has 0 aliphatic carbocycles. The van der Waals surface area contributed by atoms with Crippen LogP contribution >= 0.6 is 11.6 Å². The first-order chi connectivity index (χ1) is 12.7. The molecule has 1 heterocycles. The zero-order valence-electron chi connectivity index (χ0n) is 16.0. The lowest BCUT2D eigenvalue weighted by atomic mass is 10.3. The van der Waals surface area contributed by atoms with Crippen LogP contribution in [0.4, 0.5) is 5.69 Å². The maximum atomic E-state index is 12.7. The average molecular weight is 413 g/mol. The summed E-state index contributed by atoms with van der Waals surface area (Å²) in [6, 6.07) is 6.27. The second-order valence-electron chi connectivity index (χ2n) is 6.18. The van der Waals surface area contributed by atoms with E-state index in [1.165, 1.54) is 22.5 Å². The van der Waals surface area contributed by atoms with Crippen LogP contribution in [0.2, 0.25) is 5.02 Å². The molecule has 0 saturated heterocycles. The largest absolute Gasteiger partial charge is 0.325 e. The molecule has 148 valence electrons. The Balaban J connectivity index is 2.14. The molecule has 9 heteroatoms. The van der Waals surface area contributed by atoms with Crippen molar-refractivity contribution in [3.63, 3.8) is 0 Å². The fraction of sp³-hybridized carbons (Fsp3) is 0.444. The maximum Gasteiger partial charge on any atom is 0.243 e. The van der Waals surface area contributed by atoms with E-state index in [4.69, 9.17) is 11.6 Å². The maximum absolute atomic E-state index is 12.7. The van der Waals surface area contributed by atoms with E-state index in [-0.39, 0.29) is 27.9 Å². The molecule has 1 N–H and O–H groups in total. The van der Waals surface area contributed by atoms with Crippen LogP contribution in [0.5, 0.6) is 0 Å². The van der Waals surface area contributed by atoms with Gasteiger partial charge in [-0.3, -0.25) is 9.48 Å². The lowest BCUT2D eigenvalue weighted by Crippen LogP contribution is -2.30. The fourth-order valence-electron chi connectivity index (χ4n) is 2.79. The van der Waals surface area contributed by atoms with Gasteiger partial charge in [0.15, 0.2) is 0 Å². The third-order valence-electron chi connectivity index (χ3n) is 4.21. The second kappa shape index (κ2) is 8.86. The van der Waals surface area contributed by atoms with Gasteiger partial charge in [-0.05, 0) is 38.1 Å². The van der Waals surface area contributed by atoms with Crippen LogP contribution < -0.4 is 5.32 Å². The Bertz CT molecular complexity index is 921. The van der Waals surface area contributed by atoms with Crippen LogP contribution in [0.15, 0.2) is 29.2 Å². The van der Waals surface area contributed by atoms with Crippen molar-refractivity contribution >= 4 is 33.2 Å².